The van der Waals surface area contributed by atoms with Crippen molar-refractivity contribution >= 4 is 10.2 Å². The molecule has 0 saturated carbocycles. The zero-order valence-electron chi connectivity index (χ0n) is 7.28. The van der Waals surface area contributed by atoms with E-state index in [1.54, 1.807) is 0 Å². The van der Waals surface area contributed by atoms with Gasteiger partial charge in [0.1, 0.15) is 0 Å². The summed E-state index contributed by atoms with van der Waals surface area (Å²) < 4.78 is 0. The van der Waals surface area contributed by atoms with Crippen LogP contribution in [-0.4, -0.2) is 10.2 Å². The molecule has 0 amide bonds. The van der Waals surface area contributed by atoms with Gasteiger partial charge in [0.2, 0.25) is 0 Å². The molecule has 0 aromatic carbocycles. The Morgan fingerprint density at radius 3 is 1.92 bits per heavy atom. The molecule has 0 aliphatic rings. The largest absolute Gasteiger partial charge is 2.00 e. The van der Waals surface area contributed by atoms with Gasteiger partial charge in [-0.25, -0.2) is 0 Å². The van der Waals surface area contributed by atoms with Crippen LogP contribution in [0, 0.1) is 0 Å². The van der Waals surface area contributed by atoms with Crippen molar-refractivity contribution in [1.29, 1.82) is 0 Å². The van der Waals surface area contributed by atoms with E-state index in [0.717, 1.165) is 6.04 Å². The van der Waals surface area contributed by atoms with Crippen molar-refractivity contribution in [3.05, 3.63) is 12.7 Å². The van der Waals surface area contributed by atoms with Gasteiger partial charge in [-0.1, -0.05) is 31.4 Å². The van der Waals surface area contributed by atoms with Crippen LogP contribution in [0.15, 0.2) is 12.7 Å². The van der Waals surface area contributed by atoms with Crippen molar-refractivity contribution in [3.63, 3.8) is 0 Å². The Hall–Kier alpha value is 1.42. The van der Waals surface area contributed by atoms with E-state index in [2.05, 4.69) is 16.8 Å². The molecule has 0 heterocycles. The molecule has 0 unspecified atom stereocenters. The van der Waals surface area contributed by atoms with E-state index >= 15 is 0 Å². The number of halogens is 2. The van der Waals surface area contributed by atoms with Gasteiger partial charge in [0.05, 0.1) is 0 Å². The van der Waals surface area contributed by atoms with Crippen LogP contribution >= 0.6 is 0 Å². The maximum absolute atomic E-state index is 3.67. The number of allylic oxidation sites excluding steroid dienone is 1. The molecule has 0 aliphatic heterocycles. The molecule has 12 heavy (non-hydrogen) atoms. The summed E-state index contributed by atoms with van der Waals surface area (Å²) in [6.45, 7) is 3.67. The zero-order valence-corrected chi connectivity index (χ0v) is 12.3. The molecule has 69 valence electrons. The first kappa shape index (κ1) is 23.3. The summed E-state index contributed by atoms with van der Waals surface area (Å²) in [7, 11) is 3.44. The zero-order chi connectivity index (χ0) is 6.95. The Balaban J connectivity index is -0.000000107. The van der Waals surface area contributed by atoms with Gasteiger partial charge < -0.3 is 24.8 Å². The third-order valence-corrected chi connectivity index (χ3v) is 1.69. The third-order valence-electron chi connectivity index (χ3n) is 1.34. The molecule has 0 saturated heterocycles. The van der Waals surface area contributed by atoms with Crippen LogP contribution in [0.25, 0.3) is 0 Å². The summed E-state index contributed by atoms with van der Waals surface area (Å²) >= 11 is 0. The average molecular weight is 301 g/mol. The van der Waals surface area contributed by atoms with Crippen molar-refractivity contribution in [2.24, 2.45) is 0 Å². The first-order chi connectivity index (χ1) is 4.41. The van der Waals surface area contributed by atoms with E-state index in [1.807, 2.05) is 6.08 Å². The fourth-order valence-electron chi connectivity index (χ4n) is 0.767. The van der Waals surface area contributed by atoms with Crippen LogP contribution in [0.5, 0.6) is 0 Å². The third kappa shape index (κ3) is 22.5. The summed E-state index contributed by atoms with van der Waals surface area (Å²) in [5.74, 6) is 0. The monoisotopic (exact) mass is 299 g/mol. The molecule has 0 N–H and O–H groups in total. The van der Waals surface area contributed by atoms with E-state index < -0.39 is 0 Å². The molecule has 0 aromatic heterocycles. The maximum atomic E-state index is 3.67. The van der Waals surface area contributed by atoms with Crippen LogP contribution in [0.2, 0.25) is 6.04 Å². The van der Waals surface area contributed by atoms with Crippen molar-refractivity contribution in [2.75, 3.05) is 0 Å². The van der Waals surface area contributed by atoms with Crippen molar-refractivity contribution in [1.82, 2.24) is 0 Å². The van der Waals surface area contributed by atoms with E-state index in [1.165, 1.54) is 32.1 Å². The minimum atomic E-state index is 0. The molecule has 0 aromatic rings. The van der Waals surface area contributed by atoms with Crippen molar-refractivity contribution < 1.29 is 51.0 Å². The molecular formula is C8H15Cl2SiZr. The van der Waals surface area contributed by atoms with E-state index in [9.17, 15) is 0 Å². The summed E-state index contributed by atoms with van der Waals surface area (Å²) in [6.07, 6.45) is 8.52. The molecule has 0 atom stereocenters. The number of unbranched alkanes of at least 4 members (excludes halogenated alkanes) is 4. The second-order valence-electron chi connectivity index (χ2n) is 2.24. The molecule has 3 radical (unpaired) electrons. The molecule has 0 rings (SSSR count). The van der Waals surface area contributed by atoms with Gasteiger partial charge in [-0.15, -0.1) is 6.58 Å². The quantitative estimate of drug-likeness (QED) is 0.274. The van der Waals surface area contributed by atoms with Gasteiger partial charge in [-0.05, 0) is 12.8 Å². The smallest absolute Gasteiger partial charge is 1.00 e. The molecule has 0 fully saturated rings. The topological polar surface area (TPSA) is 0 Å². The summed E-state index contributed by atoms with van der Waals surface area (Å²) in [4.78, 5) is 0. The first-order valence-corrected chi connectivity index (χ1v) is 4.38. The Labute approximate surface area is 111 Å². The Bertz CT molecular complexity index is 72.1. The molecular weight excluding hydrogens is 286 g/mol. The average Bonchev–Trinajstić information content (AvgIpc) is 1.89. The fraction of sp³-hybridized carbons (Fsp3) is 0.750. The van der Waals surface area contributed by atoms with E-state index in [0.29, 0.717) is 0 Å². The van der Waals surface area contributed by atoms with Gasteiger partial charge in [0.25, 0.3) is 0 Å². The van der Waals surface area contributed by atoms with Gasteiger partial charge in [0.15, 0.2) is 0 Å². The Kier molecular flexibility index (Phi) is 44.4. The summed E-state index contributed by atoms with van der Waals surface area (Å²) in [6, 6.07) is 1.15. The number of hydrogen-bond donors (Lipinski definition) is 0. The van der Waals surface area contributed by atoms with Gasteiger partial charge in [-0.3, -0.25) is 0 Å². The van der Waals surface area contributed by atoms with Gasteiger partial charge >= 0.3 is 26.2 Å². The number of hydrogen-bond acceptors (Lipinski definition) is 0. The Morgan fingerprint density at radius 2 is 1.50 bits per heavy atom. The van der Waals surface area contributed by atoms with Crippen LogP contribution in [0.4, 0.5) is 0 Å². The molecule has 4 heteroatoms. The van der Waals surface area contributed by atoms with E-state index in [-0.39, 0.29) is 51.0 Å². The SMILES string of the molecule is C=CCCCCCC[Si].[Cl-].[Cl-].[Zr+2]. The van der Waals surface area contributed by atoms with Crippen molar-refractivity contribution in [3.8, 4) is 0 Å². The normalized spacial score (nSPS) is 7.08. The van der Waals surface area contributed by atoms with Gasteiger partial charge in [0, 0.05) is 10.2 Å². The second kappa shape index (κ2) is 22.8. The number of rotatable bonds is 6. The molecule has 0 bridgehead atoms. The van der Waals surface area contributed by atoms with Gasteiger partial charge in [-0.2, -0.15) is 0 Å². The predicted molar refractivity (Wildman–Crippen MR) is 43.8 cm³/mol. The summed E-state index contributed by atoms with van der Waals surface area (Å²) in [5.41, 5.74) is 0. The molecule has 0 spiro atoms. The minimum absolute atomic E-state index is 0. The van der Waals surface area contributed by atoms with Crippen LogP contribution < -0.4 is 24.8 Å². The molecule has 0 nitrogen and oxygen atoms in total. The minimum Gasteiger partial charge on any atom is -1.00 e. The molecule has 0 aliphatic carbocycles. The first-order valence-electron chi connectivity index (χ1n) is 3.67. The Morgan fingerprint density at radius 1 is 1.00 bits per heavy atom. The van der Waals surface area contributed by atoms with Crippen LogP contribution in [0.3, 0.4) is 0 Å². The van der Waals surface area contributed by atoms with E-state index in [4.69, 9.17) is 0 Å². The summed E-state index contributed by atoms with van der Waals surface area (Å²) in [5, 5.41) is 0. The van der Waals surface area contributed by atoms with Crippen molar-refractivity contribution in [2.45, 2.75) is 38.1 Å². The standard InChI is InChI=1S/C8H15Si.2ClH.Zr/c1-2-3-4-5-6-7-8-9;;;/h2H,1,3-8H2;2*1H;/q;;;+2/p-2. The predicted octanol–water partition coefficient (Wildman–Crippen LogP) is -3.28. The second-order valence-corrected chi connectivity index (χ2v) is 2.74. The maximum Gasteiger partial charge on any atom is 2.00 e. The van der Waals surface area contributed by atoms with Crippen LogP contribution in [0.1, 0.15) is 32.1 Å². The fourth-order valence-corrected chi connectivity index (χ4v) is 1.02. The van der Waals surface area contributed by atoms with Crippen LogP contribution in [-0.2, 0) is 26.2 Å².